The molecule has 2 heterocycles. The van der Waals surface area contributed by atoms with Crippen molar-refractivity contribution in [1.82, 2.24) is 14.1 Å². The molecule has 1 aromatic heterocycles. The predicted molar refractivity (Wildman–Crippen MR) is 106 cm³/mol. The molecule has 28 heavy (non-hydrogen) atoms. The lowest BCUT2D eigenvalue weighted by atomic mass is 10.1. The van der Waals surface area contributed by atoms with E-state index >= 15 is 0 Å². The van der Waals surface area contributed by atoms with Gasteiger partial charge in [0.1, 0.15) is 6.10 Å². The van der Waals surface area contributed by atoms with Gasteiger partial charge in [-0.1, -0.05) is 0 Å². The van der Waals surface area contributed by atoms with Gasteiger partial charge in [-0.05, 0) is 33.6 Å². The highest BCUT2D eigenvalue weighted by molar-refractivity contribution is 6.99. The van der Waals surface area contributed by atoms with Crippen molar-refractivity contribution in [2.45, 2.75) is 45.3 Å². The summed E-state index contributed by atoms with van der Waals surface area (Å²) >= 11 is 1.17. The van der Waals surface area contributed by atoms with Gasteiger partial charge in [-0.2, -0.15) is 8.75 Å². The molecule has 0 saturated carbocycles. The summed E-state index contributed by atoms with van der Waals surface area (Å²) in [5, 5.41) is 12.0. The van der Waals surface area contributed by atoms with Crippen LogP contribution in [0.3, 0.4) is 0 Å². The average Bonchev–Trinajstić information content (AvgIpc) is 3.11. The molecule has 10 heteroatoms. The number of hydrogen-bond acceptors (Lipinski definition) is 9. The lowest BCUT2D eigenvalue weighted by Gasteiger charge is -2.27. The molecule has 1 saturated heterocycles. The molecule has 0 bridgehead atoms. The van der Waals surface area contributed by atoms with Crippen LogP contribution in [-0.2, 0) is 25.5 Å². The monoisotopic (exact) mass is 412 g/mol. The van der Waals surface area contributed by atoms with Gasteiger partial charge in [0.2, 0.25) is 0 Å². The third-order valence-electron chi connectivity index (χ3n) is 4.06. The Morgan fingerprint density at radius 2 is 2.04 bits per heavy atom. The van der Waals surface area contributed by atoms with E-state index in [-0.39, 0.29) is 5.54 Å². The number of carboxylic acids is 1. The minimum absolute atomic E-state index is 0.136. The number of nitrogens with one attached hydrogen (secondary N) is 1. The Morgan fingerprint density at radius 1 is 1.32 bits per heavy atom. The Morgan fingerprint density at radius 3 is 2.68 bits per heavy atom. The van der Waals surface area contributed by atoms with Crippen LogP contribution in [0.25, 0.3) is 0 Å². The van der Waals surface area contributed by atoms with Crippen molar-refractivity contribution < 1.29 is 24.2 Å². The number of aromatic nitrogens is 2. The Kier molecular flexibility index (Phi) is 8.34. The molecule has 0 aliphatic carbocycles. The molecule has 0 spiro atoms. The molecule has 9 nitrogen and oxygen atoms in total. The van der Waals surface area contributed by atoms with E-state index in [1.807, 2.05) is 20.8 Å². The largest absolute Gasteiger partial charge is 0.478 e. The van der Waals surface area contributed by atoms with E-state index < -0.39 is 18.0 Å². The quantitative estimate of drug-likeness (QED) is 0.457. The van der Waals surface area contributed by atoms with Crippen molar-refractivity contribution >= 4 is 29.5 Å². The van der Waals surface area contributed by atoms with E-state index in [2.05, 4.69) is 19.0 Å². The number of carbonyl (C=O) groups is 2. The van der Waals surface area contributed by atoms with Crippen molar-refractivity contribution in [1.29, 1.82) is 0 Å². The number of carboxylic acid groups (broad SMARTS) is 1. The van der Waals surface area contributed by atoms with Crippen LogP contribution in [0.4, 0.5) is 5.82 Å². The smallest absolute Gasteiger partial charge is 0.331 e. The molecular formula is C18H28N4O5S. The van der Waals surface area contributed by atoms with Crippen LogP contribution in [0.2, 0.25) is 0 Å². The Bertz CT molecular complexity index is 680. The van der Waals surface area contributed by atoms with Gasteiger partial charge in [0.05, 0.1) is 30.6 Å². The maximum absolute atomic E-state index is 11.9. The van der Waals surface area contributed by atoms with E-state index in [0.29, 0.717) is 32.6 Å². The first-order chi connectivity index (χ1) is 13.2. The van der Waals surface area contributed by atoms with Gasteiger partial charge in [0.25, 0.3) is 0 Å². The number of aryl methyl sites for hydroxylation is 1. The molecule has 1 atom stereocenters. The van der Waals surface area contributed by atoms with Gasteiger partial charge >= 0.3 is 11.9 Å². The second-order valence-electron chi connectivity index (χ2n) is 7.53. The summed E-state index contributed by atoms with van der Waals surface area (Å²) in [6.45, 7) is 9.43. The second kappa shape index (κ2) is 10.5. The van der Waals surface area contributed by atoms with Crippen molar-refractivity contribution in [3.63, 3.8) is 0 Å². The van der Waals surface area contributed by atoms with Crippen LogP contribution >= 0.6 is 11.7 Å². The summed E-state index contributed by atoms with van der Waals surface area (Å²) in [6.07, 6.45) is 2.45. The molecule has 1 fully saturated rings. The maximum Gasteiger partial charge on any atom is 0.331 e. The molecular weight excluding hydrogens is 384 g/mol. The molecule has 1 aromatic rings. The van der Waals surface area contributed by atoms with E-state index in [1.54, 1.807) is 0 Å². The van der Waals surface area contributed by atoms with Crippen LogP contribution in [0.15, 0.2) is 12.2 Å². The topological polar surface area (TPSA) is 114 Å². The van der Waals surface area contributed by atoms with Gasteiger partial charge in [0, 0.05) is 37.3 Å². The Labute approximate surface area is 169 Å². The van der Waals surface area contributed by atoms with Gasteiger partial charge in [-0.3, -0.25) is 0 Å². The van der Waals surface area contributed by atoms with Crippen LogP contribution in [-0.4, -0.2) is 70.3 Å². The summed E-state index contributed by atoms with van der Waals surface area (Å²) in [4.78, 5) is 24.7. The molecule has 1 aliphatic rings. The van der Waals surface area contributed by atoms with Crippen molar-refractivity contribution in [3.05, 3.63) is 17.8 Å². The van der Waals surface area contributed by atoms with Crippen LogP contribution in [0, 0.1) is 0 Å². The Hall–Kier alpha value is -2.04. The molecule has 0 unspecified atom stereocenters. The maximum atomic E-state index is 11.9. The minimum Gasteiger partial charge on any atom is -0.478 e. The van der Waals surface area contributed by atoms with Gasteiger partial charge in [-0.15, -0.1) is 0 Å². The average molecular weight is 413 g/mol. The molecule has 0 aromatic carbocycles. The van der Waals surface area contributed by atoms with Crippen LogP contribution in [0.5, 0.6) is 0 Å². The molecule has 0 amide bonds. The lowest BCUT2D eigenvalue weighted by Crippen LogP contribution is -2.42. The highest BCUT2D eigenvalue weighted by atomic mass is 32.1. The number of hydrogen-bond donors (Lipinski definition) is 2. The number of morpholine rings is 1. The number of nitrogens with zero attached hydrogens (tertiary/aromatic N) is 3. The number of anilines is 1. The molecule has 2 N–H and O–H groups in total. The molecule has 2 rings (SSSR count). The first-order valence-corrected chi connectivity index (χ1v) is 9.98. The number of ether oxygens (including phenoxy) is 2. The molecule has 0 radical (unpaired) electrons. The van der Waals surface area contributed by atoms with Gasteiger partial charge in [-0.25, -0.2) is 9.59 Å². The van der Waals surface area contributed by atoms with E-state index in [0.717, 1.165) is 36.8 Å². The fourth-order valence-electron chi connectivity index (χ4n) is 2.64. The summed E-state index contributed by atoms with van der Waals surface area (Å²) in [5.41, 5.74) is 0.743. The first-order valence-electron chi connectivity index (χ1n) is 9.25. The molecule has 156 valence electrons. The summed E-state index contributed by atoms with van der Waals surface area (Å²) in [6, 6.07) is 0. The summed E-state index contributed by atoms with van der Waals surface area (Å²) in [7, 11) is 0. The van der Waals surface area contributed by atoms with E-state index in [4.69, 9.17) is 14.6 Å². The highest BCUT2D eigenvalue weighted by Gasteiger charge is 2.22. The summed E-state index contributed by atoms with van der Waals surface area (Å²) < 4.78 is 19.7. The van der Waals surface area contributed by atoms with E-state index in [1.165, 1.54) is 11.7 Å². The Balaban J connectivity index is 1.98. The fraction of sp³-hybridized carbons (Fsp3) is 0.667. The van der Waals surface area contributed by atoms with Crippen molar-refractivity contribution in [2.24, 2.45) is 0 Å². The number of carbonyl (C=O) groups excluding carboxylic acids is 1. The van der Waals surface area contributed by atoms with Crippen LogP contribution < -0.4 is 10.2 Å². The summed E-state index contributed by atoms with van der Waals surface area (Å²) in [5.74, 6) is -0.995. The van der Waals surface area contributed by atoms with Crippen LogP contribution in [0.1, 0.15) is 32.9 Å². The first kappa shape index (κ1) is 22.3. The standard InChI is InChI=1S/C18H28N4O5S/c1-18(2,3)19-12-13(27-16(25)7-6-15(23)24)4-5-14-17(21-28-20-14)22-8-10-26-11-9-22/h6-7,13,19H,4-5,8-12H2,1-3H3,(H,23,24)/b7-6+/t13-/m1/s1. The number of esters is 1. The zero-order chi connectivity index (χ0) is 20.6. The number of aliphatic carboxylic acids is 1. The third-order valence-corrected chi connectivity index (χ3v) is 4.61. The van der Waals surface area contributed by atoms with Crippen molar-refractivity contribution in [3.8, 4) is 0 Å². The zero-order valence-electron chi connectivity index (χ0n) is 16.5. The van der Waals surface area contributed by atoms with E-state index in [9.17, 15) is 9.59 Å². The van der Waals surface area contributed by atoms with Gasteiger partial charge < -0.3 is 24.8 Å². The SMILES string of the molecule is CC(C)(C)NC[C@@H](CCc1nsnc1N1CCOCC1)OC(=O)/C=C/C(=O)O. The lowest BCUT2D eigenvalue weighted by molar-refractivity contribution is -0.143. The third kappa shape index (κ3) is 7.91. The molecule has 1 aliphatic heterocycles. The predicted octanol–water partition coefficient (Wildman–Crippen LogP) is 1.25. The van der Waals surface area contributed by atoms with Crippen molar-refractivity contribution in [2.75, 3.05) is 37.7 Å². The normalized spacial score (nSPS) is 16.3. The minimum atomic E-state index is -1.19. The zero-order valence-corrected chi connectivity index (χ0v) is 17.3. The fourth-order valence-corrected chi connectivity index (χ4v) is 3.25. The number of rotatable bonds is 9. The highest BCUT2D eigenvalue weighted by Crippen LogP contribution is 2.21. The second-order valence-corrected chi connectivity index (χ2v) is 8.06. The van der Waals surface area contributed by atoms with Gasteiger partial charge in [0.15, 0.2) is 5.82 Å².